The van der Waals surface area contributed by atoms with Crippen LogP contribution in [0.2, 0.25) is 0 Å². The van der Waals surface area contributed by atoms with Crippen LogP contribution >= 0.6 is 11.5 Å². The second-order valence-corrected chi connectivity index (χ2v) is 8.29. The van der Waals surface area contributed by atoms with Gasteiger partial charge in [-0.25, -0.2) is 13.2 Å². The van der Waals surface area contributed by atoms with Gasteiger partial charge in [-0.3, -0.25) is 4.31 Å². The molecule has 0 spiro atoms. The summed E-state index contributed by atoms with van der Waals surface area (Å²) in [4.78, 5) is 11.2. The van der Waals surface area contributed by atoms with E-state index >= 15 is 0 Å². The largest absolute Gasteiger partial charge is 0.478 e. The third-order valence-corrected chi connectivity index (χ3v) is 5.76. The molecular formula is C11H18N2O4S2. The Kier molecular flexibility index (Phi) is 4.26. The highest BCUT2D eigenvalue weighted by Gasteiger charge is 2.30. The van der Waals surface area contributed by atoms with E-state index in [9.17, 15) is 13.2 Å². The molecule has 0 radical (unpaired) electrons. The van der Waals surface area contributed by atoms with Crippen LogP contribution in [0.5, 0.6) is 0 Å². The number of anilines is 1. The van der Waals surface area contributed by atoms with Crippen LogP contribution in [0.1, 0.15) is 36.8 Å². The Balaban J connectivity index is 3.21. The summed E-state index contributed by atoms with van der Waals surface area (Å²) in [6.45, 7) is 6.99. The smallest absolute Gasteiger partial charge is 0.340 e. The molecule has 8 heteroatoms. The molecular weight excluding hydrogens is 288 g/mol. The molecule has 1 aromatic heterocycles. The number of aromatic nitrogens is 1. The number of carboxylic acid groups (broad SMARTS) is 1. The molecule has 19 heavy (non-hydrogen) atoms. The van der Waals surface area contributed by atoms with Crippen LogP contribution in [0.4, 0.5) is 5.00 Å². The van der Waals surface area contributed by atoms with Crippen LogP contribution in [0.3, 0.4) is 0 Å². The van der Waals surface area contributed by atoms with Gasteiger partial charge in [0.15, 0.2) is 0 Å². The van der Waals surface area contributed by atoms with Crippen LogP contribution in [0.25, 0.3) is 0 Å². The van der Waals surface area contributed by atoms with Crippen LogP contribution in [-0.2, 0) is 10.0 Å². The van der Waals surface area contributed by atoms with Crippen molar-refractivity contribution in [2.45, 2.75) is 27.7 Å². The van der Waals surface area contributed by atoms with E-state index in [0.717, 1.165) is 15.8 Å². The Morgan fingerprint density at radius 1 is 1.42 bits per heavy atom. The lowest BCUT2D eigenvalue weighted by Crippen LogP contribution is -2.34. The molecule has 0 amide bonds. The number of aryl methyl sites for hydroxylation is 1. The van der Waals surface area contributed by atoms with E-state index in [0.29, 0.717) is 5.69 Å². The SMILES string of the molecule is Cc1nsc(N(C)S(=O)(=O)CC(C)(C)C)c1C(=O)O. The van der Waals surface area contributed by atoms with Gasteiger partial charge in [-0.2, -0.15) is 4.37 Å². The summed E-state index contributed by atoms with van der Waals surface area (Å²) in [7, 11) is -2.21. The van der Waals surface area contributed by atoms with Gasteiger partial charge in [0.25, 0.3) is 0 Å². The third kappa shape index (κ3) is 3.66. The standard InChI is InChI=1S/C11H18N2O4S2/c1-7-8(10(14)15)9(18-12-7)13(5)19(16,17)6-11(2,3)4/h6H2,1-5H3,(H,14,15). The first-order chi connectivity index (χ1) is 8.46. The number of hydrogen-bond acceptors (Lipinski definition) is 5. The Hall–Kier alpha value is -1.15. The van der Waals surface area contributed by atoms with Crippen molar-refractivity contribution in [3.8, 4) is 0 Å². The summed E-state index contributed by atoms with van der Waals surface area (Å²) in [5.74, 6) is -1.23. The first kappa shape index (κ1) is 15.9. The minimum Gasteiger partial charge on any atom is -0.478 e. The predicted molar refractivity (Wildman–Crippen MR) is 75.5 cm³/mol. The monoisotopic (exact) mass is 306 g/mol. The fraction of sp³-hybridized carbons (Fsp3) is 0.636. The van der Waals surface area contributed by atoms with Crippen molar-refractivity contribution in [2.75, 3.05) is 17.1 Å². The van der Waals surface area contributed by atoms with Crippen LogP contribution in [0.15, 0.2) is 0 Å². The Bertz CT molecular complexity index is 584. The summed E-state index contributed by atoms with van der Waals surface area (Å²) < 4.78 is 29.4. The highest BCUT2D eigenvalue weighted by Crippen LogP contribution is 2.31. The molecule has 0 saturated carbocycles. The maximum atomic E-state index is 12.2. The van der Waals surface area contributed by atoms with Gasteiger partial charge in [0.1, 0.15) is 10.6 Å². The lowest BCUT2D eigenvalue weighted by Gasteiger charge is -2.24. The van der Waals surface area contributed by atoms with Crippen molar-refractivity contribution in [1.82, 2.24) is 4.37 Å². The number of carbonyl (C=O) groups is 1. The van der Waals surface area contributed by atoms with Gasteiger partial charge in [0, 0.05) is 7.05 Å². The fourth-order valence-electron chi connectivity index (χ4n) is 1.59. The van der Waals surface area contributed by atoms with Crippen molar-refractivity contribution in [2.24, 2.45) is 5.41 Å². The molecule has 6 nitrogen and oxygen atoms in total. The molecule has 0 unspecified atom stereocenters. The van der Waals surface area contributed by atoms with Gasteiger partial charge in [-0.15, -0.1) is 0 Å². The predicted octanol–water partition coefficient (Wildman–Crippen LogP) is 1.96. The fourth-order valence-corrected chi connectivity index (χ4v) is 4.42. The van der Waals surface area contributed by atoms with Crippen molar-refractivity contribution in [1.29, 1.82) is 0 Å². The second-order valence-electron chi connectivity index (χ2n) is 5.54. The number of rotatable bonds is 4. The zero-order chi connectivity index (χ0) is 15.0. The molecule has 1 rings (SSSR count). The second kappa shape index (κ2) is 5.09. The van der Waals surface area contributed by atoms with Crippen LogP contribution in [-0.4, -0.2) is 36.7 Å². The minimum atomic E-state index is -3.57. The van der Waals surface area contributed by atoms with Gasteiger partial charge >= 0.3 is 5.97 Å². The average Bonchev–Trinajstić information content (AvgIpc) is 2.55. The average molecular weight is 306 g/mol. The third-order valence-electron chi connectivity index (χ3n) is 2.38. The first-order valence-corrected chi connectivity index (χ1v) is 8.00. The minimum absolute atomic E-state index is 0.0509. The quantitative estimate of drug-likeness (QED) is 0.918. The molecule has 0 aliphatic rings. The van der Waals surface area contributed by atoms with E-state index in [1.165, 1.54) is 7.05 Å². The van der Waals surface area contributed by atoms with Gasteiger partial charge in [-0.05, 0) is 23.9 Å². The van der Waals surface area contributed by atoms with Crippen LogP contribution in [0, 0.1) is 12.3 Å². The van der Waals surface area contributed by atoms with Gasteiger partial charge < -0.3 is 5.11 Å². The van der Waals surface area contributed by atoms with E-state index in [4.69, 9.17) is 5.11 Å². The van der Waals surface area contributed by atoms with E-state index in [2.05, 4.69) is 4.37 Å². The molecule has 0 aromatic carbocycles. The van der Waals surface area contributed by atoms with Crippen molar-refractivity contribution in [3.63, 3.8) is 0 Å². The maximum Gasteiger partial charge on any atom is 0.340 e. The number of hydrogen-bond donors (Lipinski definition) is 1. The first-order valence-electron chi connectivity index (χ1n) is 5.62. The zero-order valence-corrected chi connectivity index (χ0v) is 13.2. The Morgan fingerprint density at radius 3 is 2.37 bits per heavy atom. The molecule has 0 atom stereocenters. The van der Waals surface area contributed by atoms with Gasteiger partial charge in [0.2, 0.25) is 10.0 Å². The van der Waals surface area contributed by atoms with Crippen molar-refractivity contribution >= 4 is 32.5 Å². The normalized spacial score (nSPS) is 12.5. The number of aromatic carboxylic acids is 1. The molecule has 0 aliphatic carbocycles. The number of nitrogens with zero attached hydrogens (tertiary/aromatic N) is 2. The topological polar surface area (TPSA) is 87.6 Å². The molecule has 1 heterocycles. The van der Waals surface area contributed by atoms with Crippen LogP contribution < -0.4 is 4.31 Å². The summed E-state index contributed by atoms with van der Waals surface area (Å²) in [5.41, 5.74) is -0.133. The van der Waals surface area contributed by atoms with Gasteiger partial charge in [-0.1, -0.05) is 20.8 Å². The van der Waals surface area contributed by atoms with E-state index in [1.807, 2.05) is 20.8 Å². The molecule has 1 N–H and O–H groups in total. The highest BCUT2D eigenvalue weighted by molar-refractivity contribution is 7.93. The lowest BCUT2D eigenvalue weighted by molar-refractivity contribution is 0.0697. The zero-order valence-electron chi connectivity index (χ0n) is 11.6. The van der Waals surface area contributed by atoms with Gasteiger partial charge in [0.05, 0.1) is 11.4 Å². The maximum absolute atomic E-state index is 12.2. The van der Waals surface area contributed by atoms with E-state index < -0.39 is 21.4 Å². The van der Waals surface area contributed by atoms with Crippen molar-refractivity contribution < 1.29 is 18.3 Å². The molecule has 1 aromatic rings. The molecule has 0 bridgehead atoms. The molecule has 108 valence electrons. The Labute approximate surface area is 117 Å². The summed E-state index contributed by atoms with van der Waals surface area (Å²) in [5, 5.41) is 9.28. The summed E-state index contributed by atoms with van der Waals surface area (Å²) in [6, 6.07) is 0. The van der Waals surface area contributed by atoms with E-state index in [-0.39, 0.29) is 16.3 Å². The summed E-state index contributed by atoms with van der Waals surface area (Å²) in [6.07, 6.45) is 0. The number of sulfonamides is 1. The lowest BCUT2D eigenvalue weighted by atomic mass is 10.0. The number of carboxylic acids is 1. The molecule has 0 aliphatic heterocycles. The van der Waals surface area contributed by atoms with E-state index in [1.54, 1.807) is 6.92 Å². The van der Waals surface area contributed by atoms with Crippen molar-refractivity contribution in [3.05, 3.63) is 11.3 Å². The Morgan fingerprint density at radius 2 is 1.95 bits per heavy atom. The summed E-state index contributed by atoms with van der Waals surface area (Å²) >= 11 is 0.881. The highest BCUT2D eigenvalue weighted by atomic mass is 32.2. The molecule has 0 saturated heterocycles. The molecule has 0 fully saturated rings.